The molecule has 0 radical (unpaired) electrons. The first kappa shape index (κ1) is 12.0. The fourth-order valence-corrected chi connectivity index (χ4v) is 2.19. The van der Waals surface area contributed by atoms with Crippen molar-refractivity contribution in [1.82, 2.24) is 0 Å². The van der Waals surface area contributed by atoms with Crippen LogP contribution in [-0.2, 0) is 0 Å². The molecule has 15 heavy (non-hydrogen) atoms. The Bertz CT molecular complexity index is 368. The highest BCUT2D eigenvalue weighted by atomic mass is 32.2. The average molecular weight is 230 g/mol. The van der Waals surface area contributed by atoms with Crippen molar-refractivity contribution in [3.8, 4) is 0 Å². The Morgan fingerprint density at radius 3 is 2.80 bits per heavy atom. The van der Waals surface area contributed by atoms with Gasteiger partial charge in [0.25, 0.3) is 0 Å². The van der Waals surface area contributed by atoms with Crippen LogP contribution in [0.3, 0.4) is 0 Å². The molecule has 0 aliphatic carbocycles. The predicted octanol–water partition coefficient (Wildman–Crippen LogP) is 2.77. The minimum atomic E-state index is -0.464. The predicted molar refractivity (Wildman–Crippen MR) is 58.2 cm³/mol. The molecule has 5 heteroatoms. The zero-order chi connectivity index (χ0) is 11.4. The van der Waals surface area contributed by atoms with Gasteiger partial charge >= 0.3 is 0 Å². The van der Waals surface area contributed by atoms with Gasteiger partial charge < -0.3 is 5.73 Å². The minimum absolute atomic E-state index is 0.0428. The van der Waals surface area contributed by atoms with Gasteiger partial charge in [-0.2, -0.15) is 0 Å². The molecule has 82 valence electrons. The van der Waals surface area contributed by atoms with Crippen molar-refractivity contribution < 1.29 is 8.78 Å². The van der Waals surface area contributed by atoms with E-state index in [0.29, 0.717) is 6.42 Å². The highest BCUT2D eigenvalue weighted by Crippen LogP contribution is 2.28. The Labute approximate surface area is 91.4 Å². The van der Waals surface area contributed by atoms with Crippen LogP contribution in [0.5, 0.6) is 0 Å². The SMILES string of the molecule is CC(CC(=N)N)Sc1cc(F)ccc1F. The summed E-state index contributed by atoms with van der Waals surface area (Å²) in [6.07, 6.45) is 0.362. The second-order valence-corrected chi connectivity index (χ2v) is 4.71. The molecule has 0 amide bonds. The molecule has 0 fully saturated rings. The Kier molecular flexibility index (Phi) is 4.08. The molecular weight excluding hydrogens is 218 g/mol. The van der Waals surface area contributed by atoms with Crippen LogP contribution in [0.25, 0.3) is 0 Å². The smallest absolute Gasteiger partial charge is 0.136 e. The van der Waals surface area contributed by atoms with Crippen LogP contribution in [0.15, 0.2) is 23.1 Å². The summed E-state index contributed by atoms with van der Waals surface area (Å²) in [7, 11) is 0. The monoisotopic (exact) mass is 230 g/mol. The minimum Gasteiger partial charge on any atom is -0.388 e. The molecule has 0 aliphatic rings. The zero-order valence-corrected chi connectivity index (χ0v) is 9.07. The van der Waals surface area contributed by atoms with Gasteiger partial charge in [-0.1, -0.05) is 6.92 Å². The number of rotatable bonds is 4. The first-order valence-corrected chi connectivity index (χ1v) is 5.31. The van der Waals surface area contributed by atoms with Crippen molar-refractivity contribution in [2.45, 2.75) is 23.5 Å². The molecule has 0 heterocycles. The third kappa shape index (κ3) is 3.87. The van der Waals surface area contributed by atoms with Crippen molar-refractivity contribution >= 4 is 17.6 Å². The maximum atomic E-state index is 13.2. The van der Waals surface area contributed by atoms with Crippen molar-refractivity contribution in [2.75, 3.05) is 0 Å². The number of hydrogen-bond donors (Lipinski definition) is 2. The maximum absolute atomic E-state index is 13.2. The number of nitrogens with one attached hydrogen (secondary N) is 1. The quantitative estimate of drug-likeness (QED) is 0.474. The first-order valence-electron chi connectivity index (χ1n) is 4.43. The fourth-order valence-electron chi connectivity index (χ4n) is 1.14. The van der Waals surface area contributed by atoms with Crippen LogP contribution in [0.2, 0.25) is 0 Å². The molecule has 0 bridgehead atoms. The van der Waals surface area contributed by atoms with E-state index < -0.39 is 11.6 Å². The fraction of sp³-hybridized carbons (Fsp3) is 0.300. The van der Waals surface area contributed by atoms with Crippen molar-refractivity contribution in [2.24, 2.45) is 5.73 Å². The molecule has 1 rings (SSSR count). The largest absolute Gasteiger partial charge is 0.388 e. The van der Waals surface area contributed by atoms with E-state index >= 15 is 0 Å². The van der Waals surface area contributed by atoms with Crippen LogP contribution < -0.4 is 5.73 Å². The molecule has 0 saturated carbocycles. The summed E-state index contributed by atoms with van der Waals surface area (Å²) < 4.78 is 26.0. The van der Waals surface area contributed by atoms with Gasteiger partial charge in [0.1, 0.15) is 11.6 Å². The van der Waals surface area contributed by atoms with Gasteiger partial charge in [0.05, 0.1) is 5.84 Å². The zero-order valence-electron chi connectivity index (χ0n) is 8.26. The summed E-state index contributed by atoms with van der Waals surface area (Å²) in [6, 6.07) is 3.32. The van der Waals surface area contributed by atoms with E-state index in [-0.39, 0.29) is 16.0 Å². The van der Waals surface area contributed by atoms with Gasteiger partial charge in [0.15, 0.2) is 0 Å². The van der Waals surface area contributed by atoms with Gasteiger partial charge in [-0.05, 0) is 18.2 Å². The Morgan fingerprint density at radius 1 is 1.53 bits per heavy atom. The molecule has 0 spiro atoms. The highest BCUT2D eigenvalue weighted by Gasteiger charge is 2.10. The van der Waals surface area contributed by atoms with Gasteiger partial charge in [0.2, 0.25) is 0 Å². The van der Waals surface area contributed by atoms with Gasteiger partial charge in [-0.25, -0.2) is 8.78 Å². The average Bonchev–Trinajstić information content (AvgIpc) is 2.10. The highest BCUT2D eigenvalue weighted by molar-refractivity contribution is 8.00. The number of amidine groups is 1. The summed E-state index contributed by atoms with van der Waals surface area (Å²) in [5, 5.41) is 7.04. The summed E-state index contributed by atoms with van der Waals surface area (Å²) in [6.45, 7) is 1.82. The molecule has 2 nitrogen and oxygen atoms in total. The molecule has 1 aromatic carbocycles. The van der Waals surface area contributed by atoms with E-state index in [9.17, 15) is 8.78 Å². The molecule has 0 aromatic heterocycles. The van der Waals surface area contributed by atoms with Gasteiger partial charge in [-0.15, -0.1) is 11.8 Å². The Morgan fingerprint density at radius 2 is 2.20 bits per heavy atom. The van der Waals surface area contributed by atoms with Gasteiger partial charge in [-0.3, -0.25) is 5.41 Å². The summed E-state index contributed by atoms with van der Waals surface area (Å²) >= 11 is 1.18. The standard InChI is InChI=1S/C10H12F2N2S/c1-6(4-10(13)14)15-9-5-7(11)2-3-8(9)12/h2-3,5-6H,4H2,1H3,(H3,13,14). The van der Waals surface area contributed by atoms with Crippen LogP contribution in [-0.4, -0.2) is 11.1 Å². The normalized spacial score (nSPS) is 12.5. The van der Waals surface area contributed by atoms with Crippen LogP contribution in [0.1, 0.15) is 13.3 Å². The van der Waals surface area contributed by atoms with Crippen LogP contribution >= 0.6 is 11.8 Å². The lowest BCUT2D eigenvalue weighted by Gasteiger charge is -2.10. The van der Waals surface area contributed by atoms with E-state index in [1.165, 1.54) is 11.8 Å². The summed E-state index contributed by atoms with van der Waals surface area (Å²) in [5.41, 5.74) is 5.22. The number of halogens is 2. The van der Waals surface area contributed by atoms with E-state index in [4.69, 9.17) is 11.1 Å². The molecule has 1 aromatic rings. The summed E-state index contributed by atoms with van der Waals surface area (Å²) in [5.74, 6) is -0.863. The number of nitrogens with two attached hydrogens (primary N) is 1. The maximum Gasteiger partial charge on any atom is 0.136 e. The first-order chi connectivity index (χ1) is 6.99. The second kappa shape index (κ2) is 5.11. The van der Waals surface area contributed by atoms with Crippen molar-refractivity contribution in [3.63, 3.8) is 0 Å². The van der Waals surface area contributed by atoms with Crippen molar-refractivity contribution in [1.29, 1.82) is 5.41 Å². The summed E-state index contributed by atoms with van der Waals surface area (Å²) in [4.78, 5) is 0.253. The van der Waals surface area contributed by atoms with E-state index in [2.05, 4.69) is 0 Å². The van der Waals surface area contributed by atoms with Crippen molar-refractivity contribution in [3.05, 3.63) is 29.8 Å². The lowest BCUT2D eigenvalue weighted by Crippen LogP contribution is -2.15. The molecular formula is C10H12F2N2S. The molecule has 0 saturated heterocycles. The van der Waals surface area contributed by atoms with E-state index in [0.717, 1.165) is 18.2 Å². The molecule has 0 aliphatic heterocycles. The number of thioether (sulfide) groups is 1. The van der Waals surface area contributed by atoms with Gasteiger partial charge in [0, 0.05) is 16.6 Å². The second-order valence-electron chi connectivity index (χ2n) is 3.23. The van der Waals surface area contributed by atoms with Crippen LogP contribution in [0.4, 0.5) is 8.78 Å². The van der Waals surface area contributed by atoms with E-state index in [1.807, 2.05) is 6.92 Å². The Hall–Kier alpha value is -1.10. The van der Waals surface area contributed by atoms with Crippen LogP contribution in [0, 0.1) is 17.0 Å². The molecule has 1 unspecified atom stereocenters. The van der Waals surface area contributed by atoms with E-state index in [1.54, 1.807) is 0 Å². The Balaban J connectivity index is 2.71. The molecule has 3 N–H and O–H groups in total. The third-order valence-corrected chi connectivity index (χ3v) is 2.86. The molecule has 1 atom stereocenters. The number of benzene rings is 1. The lowest BCUT2D eigenvalue weighted by molar-refractivity contribution is 0.577. The number of hydrogen-bond acceptors (Lipinski definition) is 2. The lowest BCUT2D eigenvalue weighted by atomic mass is 10.3. The third-order valence-electron chi connectivity index (χ3n) is 1.73. The topological polar surface area (TPSA) is 49.9 Å².